The van der Waals surface area contributed by atoms with Crippen LogP contribution < -0.4 is 5.32 Å². The van der Waals surface area contributed by atoms with Gasteiger partial charge in [-0.15, -0.1) is 0 Å². The van der Waals surface area contributed by atoms with Gasteiger partial charge in [-0.1, -0.05) is 11.6 Å². The lowest BCUT2D eigenvalue weighted by Crippen LogP contribution is -1.95. The van der Waals surface area contributed by atoms with Gasteiger partial charge in [-0.05, 0) is 50.1 Å². The number of nitrogens with one attached hydrogen (secondary N) is 1. The molecule has 0 aliphatic rings. The van der Waals surface area contributed by atoms with Crippen LogP contribution >= 0.6 is 43.5 Å². The molecular weight excluding hydrogens is 357 g/mol. The summed E-state index contributed by atoms with van der Waals surface area (Å²) < 4.78 is 1.70. The van der Waals surface area contributed by atoms with Crippen LogP contribution in [-0.2, 0) is 0 Å². The van der Waals surface area contributed by atoms with Crippen LogP contribution in [0.2, 0.25) is 5.02 Å². The minimum atomic E-state index is 0.529. The lowest BCUT2D eigenvalue weighted by molar-refractivity contribution is 1.15. The minimum absolute atomic E-state index is 0.529. The Bertz CT molecular complexity index is 502. The number of aromatic nitrogens is 2. The summed E-state index contributed by atoms with van der Waals surface area (Å²) in [4.78, 5) is 8.20. The molecule has 1 aromatic carbocycles. The normalized spacial score (nSPS) is 10.2. The fourth-order valence-corrected chi connectivity index (χ4v) is 1.71. The van der Waals surface area contributed by atoms with Crippen molar-refractivity contribution in [3.63, 3.8) is 0 Å². The average molecular weight is 363 g/mol. The van der Waals surface area contributed by atoms with Crippen molar-refractivity contribution in [2.75, 3.05) is 5.32 Å². The molecule has 0 amide bonds. The van der Waals surface area contributed by atoms with Crippen LogP contribution in [0, 0.1) is 0 Å². The fraction of sp³-hybridized carbons (Fsp3) is 0. The predicted octanol–water partition coefficient (Wildman–Crippen LogP) is 4.40. The van der Waals surface area contributed by atoms with Gasteiger partial charge < -0.3 is 5.32 Å². The van der Waals surface area contributed by atoms with Gasteiger partial charge in [0.2, 0.25) is 5.95 Å². The number of halogens is 3. The first-order valence-corrected chi connectivity index (χ1v) is 6.31. The highest BCUT2D eigenvalue weighted by Crippen LogP contribution is 2.26. The van der Waals surface area contributed by atoms with E-state index in [1.54, 1.807) is 18.5 Å². The molecule has 82 valence electrons. The number of hydrogen-bond acceptors (Lipinski definition) is 3. The van der Waals surface area contributed by atoms with E-state index < -0.39 is 0 Å². The molecule has 16 heavy (non-hydrogen) atoms. The molecular formula is C10H6Br2ClN3. The van der Waals surface area contributed by atoms with Crippen LogP contribution in [-0.4, -0.2) is 9.97 Å². The van der Waals surface area contributed by atoms with E-state index in [-0.39, 0.29) is 0 Å². The summed E-state index contributed by atoms with van der Waals surface area (Å²) in [6.45, 7) is 0. The summed E-state index contributed by atoms with van der Waals surface area (Å²) >= 11 is 12.6. The van der Waals surface area contributed by atoms with E-state index in [0.717, 1.165) is 14.6 Å². The maximum Gasteiger partial charge on any atom is 0.227 e. The second kappa shape index (κ2) is 5.12. The molecule has 0 aliphatic heterocycles. The van der Waals surface area contributed by atoms with E-state index in [0.29, 0.717) is 11.0 Å². The molecule has 0 fully saturated rings. The SMILES string of the molecule is Clc1cc(Nc2ncc(Br)cn2)ccc1Br. The smallest absolute Gasteiger partial charge is 0.227 e. The Kier molecular flexibility index (Phi) is 3.78. The zero-order valence-corrected chi connectivity index (χ0v) is 11.8. The average Bonchev–Trinajstić information content (AvgIpc) is 2.27. The summed E-state index contributed by atoms with van der Waals surface area (Å²) in [7, 11) is 0. The molecule has 0 spiro atoms. The van der Waals surface area contributed by atoms with Crippen LogP contribution in [0.5, 0.6) is 0 Å². The molecule has 1 heterocycles. The molecule has 0 aliphatic carbocycles. The standard InChI is InChI=1S/C10H6Br2ClN3/c11-6-4-14-10(15-5-6)16-7-1-2-8(12)9(13)3-7/h1-5H,(H,14,15,16). The second-order valence-electron chi connectivity index (χ2n) is 2.98. The van der Waals surface area contributed by atoms with E-state index >= 15 is 0 Å². The number of anilines is 2. The van der Waals surface area contributed by atoms with Gasteiger partial charge in [0.1, 0.15) is 0 Å². The van der Waals surface area contributed by atoms with Gasteiger partial charge in [-0.2, -0.15) is 0 Å². The van der Waals surface area contributed by atoms with Crippen molar-refractivity contribution < 1.29 is 0 Å². The zero-order chi connectivity index (χ0) is 11.5. The van der Waals surface area contributed by atoms with Crippen LogP contribution in [0.4, 0.5) is 11.6 Å². The lowest BCUT2D eigenvalue weighted by Gasteiger charge is -2.05. The van der Waals surface area contributed by atoms with E-state index in [9.17, 15) is 0 Å². The Morgan fingerprint density at radius 3 is 2.44 bits per heavy atom. The van der Waals surface area contributed by atoms with Gasteiger partial charge in [0, 0.05) is 22.6 Å². The quantitative estimate of drug-likeness (QED) is 0.859. The van der Waals surface area contributed by atoms with Crippen molar-refractivity contribution in [3.05, 3.63) is 44.6 Å². The van der Waals surface area contributed by atoms with Crippen LogP contribution in [0.1, 0.15) is 0 Å². The molecule has 1 N–H and O–H groups in total. The van der Waals surface area contributed by atoms with Gasteiger partial charge in [-0.3, -0.25) is 0 Å². The fourth-order valence-electron chi connectivity index (χ4n) is 1.08. The molecule has 0 unspecified atom stereocenters. The topological polar surface area (TPSA) is 37.8 Å². The molecule has 0 saturated carbocycles. The highest BCUT2D eigenvalue weighted by molar-refractivity contribution is 9.10. The van der Waals surface area contributed by atoms with Crippen molar-refractivity contribution in [2.24, 2.45) is 0 Å². The summed E-state index contributed by atoms with van der Waals surface area (Å²) in [6.07, 6.45) is 3.35. The molecule has 0 saturated heterocycles. The number of benzene rings is 1. The first-order valence-electron chi connectivity index (χ1n) is 4.35. The van der Waals surface area contributed by atoms with Crippen molar-refractivity contribution in [3.8, 4) is 0 Å². The molecule has 2 rings (SSSR count). The van der Waals surface area contributed by atoms with Crippen molar-refractivity contribution in [1.82, 2.24) is 9.97 Å². The third-order valence-electron chi connectivity index (χ3n) is 1.80. The Labute approximate surface area is 115 Å². The first kappa shape index (κ1) is 11.8. The molecule has 1 aromatic heterocycles. The maximum absolute atomic E-state index is 5.97. The maximum atomic E-state index is 5.97. The summed E-state index contributed by atoms with van der Waals surface area (Å²) in [5, 5.41) is 3.69. The van der Waals surface area contributed by atoms with Gasteiger partial charge in [0.05, 0.1) is 9.50 Å². The third kappa shape index (κ3) is 2.93. The Balaban J connectivity index is 2.20. The molecule has 6 heteroatoms. The number of rotatable bonds is 2. The Hall–Kier alpha value is -0.650. The molecule has 0 radical (unpaired) electrons. The summed E-state index contributed by atoms with van der Waals surface area (Å²) in [5.74, 6) is 0.529. The molecule has 3 nitrogen and oxygen atoms in total. The largest absolute Gasteiger partial charge is 0.324 e. The van der Waals surface area contributed by atoms with Crippen LogP contribution in [0.3, 0.4) is 0 Å². The first-order chi connectivity index (χ1) is 7.65. The van der Waals surface area contributed by atoms with Crippen LogP contribution in [0.25, 0.3) is 0 Å². The molecule has 2 aromatic rings. The molecule has 0 atom stereocenters. The van der Waals surface area contributed by atoms with E-state index in [4.69, 9.17) is 11.6 Å². The van der Waals surface area contributed by atoms with Gasteiger partial charge in [0.25, 0.3) is 0 Å². The summed E-state index contributed by atoms with van der Waals surface area (Å²) in [6, 6.07) is 5.56. The van der Waals surface area contributed by atoms with E-state index in [1.807, 2.05) is 12.1 Å². The number of nitrogens with zero attached hydrogens (tertiary/aromatic N) is 2. The van der Waals surface area contributed by atoms with Gasteiger partial charge in [-0.25, -0.2) is 9.97 Å². The highest BCUT2D eigenvalue weighted by Gasteiger charge is 2.01. The van der Waals surface area contributed by atoms with Crippen molar-refractivity contribution >= 4 is 55.1 Å². The van der Waals surface area contributed by atoms with Crippen molar-refractivity contribution in [2.45, 2.75) is 0 Å². The number of hydrogen-bond donors (Lipinski definition) is 1. The lowest BCUT2D eigenvalue weighted by atomic mass is 10.3. The Morgan fingerprint density at radius 1 is 1.12 bits per heavy atom. The second-order valence-corrected chi connectivity index (χ2v) is 5.16. The van der Waals surface area contributed by atoms with Gasteiger partial charge in [0.15, 0.2) is 0 Å². The monoisotopic (exact) mass is 361 g/mol. The minimum Gasteiger partial charge on any atom is -0.324 e. The van der Waals surface area contributed by atoms with E-state index in [2.05, 4.69) is 47.1 Å². The zero-order valence-electron chi connectivity index (χ0n) is 7.92. The summed E-state index contributed by atoms with van der Waals surface area (Å²) in [5.41, 5.74) is 0.843. The van der Waals surface area contributed by atoms with Crippen molar-refractivity contribution in [1.29, 1.82) is 0 Å². The van der Waals surface area contributed by atoms with Crippen LogP contribution in [0.15, 0.2) is 39.5 Å². The third-order valence-corrected chi connectivity index (χ3v) is 3.44. The predicted molar refractivity (Wildman–Crippen MR) is 72.2 cm³/mol. The highest BCUT2D eigenvalue weighted by atomic mass is 79.9. The molecule has 0 bridgehead atoms. The van der Waals surface area contributed by atoms with E-state index in [1.165, 1.54) is 0 Å². The Morgan fingerprint density at radius 2 is 1.81 bits per heavy atom. The van der Waals surface area contributed by atoms with Gasteiger partial charge >= 0.3 is 0 Å².